The predicted octanol–water partition coefficient (Wildman–Crippen LogP) is 2.84. The van der Waals surface area contributed by atoms with Gasteiger partial charge in [-0.1, -0.05) is 29.5 Å². The number of nitrogens with one attached hydrogen (secondary N) is 1. The van der Waals surface area contributed by atoms with Crippen LogP contribution in [0.5, 0.6) is 0 Å². The first kappa shape index (κ1) is 19.9. The summed E-state index contributed by atoms with van der Waals surface area (Å²) >= 11 is 1.25. The summed E-state index contributed by atoms with van der Waals surface area (Å²) in [4.78, 5) is 12.7. The van der Waals surface area contributed by atoms with Crippen LogP contribution < -0.4 is 11.2 Å². The number of thioether (sulfide) groups is 1. The van der Waals surface area contributed by atoms with Crippen LogP contribution in [-0.4, -0.2) is 35.8 Å². The lowest BCUT2D eigenvalue weighted by Gasteiger charge is -2.16. The molecule has 0 aliphatic carbocycles. The van der Waals surface area contributed by atoms with Gasteiger partial charge < -0.3 is 11.2 Å². The van der Waals surface area contributed by atoms with Crippen LogP contribution in [0.1, 0.15) is 35.0 Å². The summed E-state index contributed by atoms with van der Waals surface area (Å²) in [6.07, 6.45) is 0. The molecular weight excluding hydrogens is 374 g/mol. The smallest absolute Gasteiger partial charge is 0.271 e. The molecule has 0 bridgehead atoms. The van der Waals surface area contributed by atoms with Gasteiger partial charge in [0.1, 0.15) is 0 Å². The van der Waals surface area contributed by atoms with Gasteiger partial charge in [0.05, 0.1) is 10.9 Å². The topological polar surface area (TPSA) is 104 Å². The Morgan fingerprint density at radius 1 is 1.11 bits per heavy atom. The van der Waals surface area contributed by atoms with Crippen LogP contribution in [0.25, 0.3) is 5.95 Å². The number of anilines is 1. The third-order valence-corrected chi connectivity index (χ3v) is 5.48. The van der Waals surface area contributed by atoms with E-state index in [-0.39, 0.29) is 5.91 Å². The Labute approximate surface area is 168 Å². The molecule has 0 spiro atoms. The minimum atomic E-state index is -0.403. The van der Waals surface area contributed by atoms with Crippen molar-refractivity contribution in [3.63, 3.8) is 0 Å². The maximum atomic E-state index is 12.7. The first-order chi connectivity index (χ1) is 13.2. The van der Waals surface area contributed by atoms with Crippen molar-refractivity contribution in [3.8, 4) is 5.95 Å². The quantitative estimate of drug-likeness (QED) is 0.505. The zero-order valence-electron chi connectivity index (χ0n) is 16.9. The maximum absolute atomic E-state index is 12.7. The van der Waals surface area contributed by atoms with Crippen LogP contribution in [0.3, 0.4) is 0 Å². The molecular formula is C19H25N7OS. The van der Waals surface area contributed by atoms with E-state index in [0.29, 0.717) is 11.1 Å². The van der Waals surface area contributed by atoms with Gasteiger partial charge >= 0.3 is 0 Å². The van der Waals surface area contributed by atoms with E-state index >= 15 is 0 Å². The molecule has 1 atom stereocenters. The number of nitrogen functional groups attached to an aromatic ring is 1. The highest BCUT2D eigenvalue weighted by atomic mass is 32.2. The highest BCUT2D eigenvalue weighted by Gasteiger charge is 2.22. The van der Waals surface area contributed by atoms with Gasteiger partial charge in [-0.25, -0.2) is 9.36 Å². The van der Waals surface area contributed by atoms with Crippen LogP contribution in [-0.2, 0) is 4.79 Å². The number of hydrogen-bond acceptors (Lipinski definition) is 6. The Hall–Kier alpha value is -2.81. The summed E-state index contributed by atoms with van der Waals surface area (Å²) in [5.74, 6) is 6.45. The summed E-state index contributed by atoms with van der Waals surface area (Å²) in [5.41, 5.74) is 5.87. The molecule has 0 radical (unpaired) electrons. The SMILES string of the molecule is Cc1cc(C)c(NC(=O)[C@@H](C)Sc2nnc(-n3nc(C)cc3C)n2N)c(C)c1. The van der Waals surface area contributed by atoms with Crippen LogP contribution in [0.4, 0.5) is 5.69 Å². The Balaban J connectivity index is 1.76. The predicted molar refractivity (Wildman–Crippen MR) is 111 cm³/mol. The number of carbonyl (C=O) groups excluding carboxylic acids is 1. The first-order valence-electron chi connectivity index (χ1n) is 8.97. The van der Waals surface area contributed by atoms with Gasteiger partial charge in [-0.3, -0.25) is 4.79 Å². The van der Waals surface area contributed by atoms with Gasteiger partial charge in [-0.2, -0.15) is 5.10 Å². The van der Waals surface area contributed by atoms with E-state index < -0.39 is 5.25 Å². The summed E-state index contributed by atoms with van der Waals surface area (Å²) in [7, 11) is 0. The molecule has 0 aliphatic heterocycles. The van der Waals surface area contributed by atoms with E-state index in [0.717, 1.165) is 28.2 Å². The van der Waals surface area contributed by atoms with Crippen molar-refractivity contribution >= 4 is 23.4 Å². The molecule has 148 valence electrons. The highest BCUT2D eigenvalue weighted by Crippen LogP contribution is 2.26. The molecule has 1 aromatic carbocycles. The minimum absolute atomic E-state index is 0.115. The van der Waals surface area contributed by atoms with E-state index in [9.17, 15) is 4.79 Å². The Morgan fingerprint density at radius 3 is 2.32 bits per heavy atom. The second-order valence-electron chi connectivity index (χ2n) is 7.01. The summed E-state index contributed by atoms with van der Waals surface area (Å²) < 4.78 is 2.99. The molecule has 28 heavy (non-hydrogen) atoms. The monoisotopic (exact) mass is 399 g/mol. The zero-order valence-corrected chi connectivity index (χ0v) is 17.8. The van der Waals surface area contributed by atoms with Gasteiger partial charge in [0, 0.05) is 11.4 Å². The molecule has 0 fully saturated rings. The number of benzene rings is 1. The number of aryl methyl sites for hydroxylation is 5. The number of nitrogens with zero attached hydrogens (tertiary/aromatic N) is 5. The molecule has 9 heteroatoms. The first-order valence-corrected chi connectivity index (χ1v) is 9.85. The van der Waals surface area contributed by atoms with Crippen LogP contribution in [0.15, 0.2) is 23.4 Å². The molecule has 1 amide bonds. The van der Waals surface area contributed by atoms with E-state index in [4.69, 9.17) is 5.84 Å². The van der Waals surface area contributed by atoms with E-state index in [1.807, 2.05) is 47.6 Å². The number of rotatable bonds is 5. The van der Waals surface area contributed by atoms with Crippen LogP contribution in [0, 0.1) is 34.6 Å². The van der Waals surface area contributed by atoms with Gasteiger partial charge in [0.15, 0.2) is 0 Å². The maximum Gasteiger partial charge on any atom is 0.271 e. The summed E-state index contributed by atoms with van der Waals surface area (Å²) in [6.45, 7) is 11.7. The van der Waals surface area contributed by atoms with Gasteiger partial charge in [0.2, 0.25) is 11.1 Å². The third kappa shape index (κ3) is 3.89. The van der Waals surface area contributed by atoms with Crippen molar-refractivity contribution in [2.24, 2.45) is 0 Å². The van der Waals surface area contributed by atoms with Gasteiger partial charge in [0.25, 0.3) is 5.95 Å². The van der Waals surface area contributed by atoms with Crippen LogP contribution in [0.2, 0.25) is 0 Å². The average molecular weight is 400 g/mol. The lowest BCUT2D eigenvalue weighted by molar-refractivity contribution is -0.115. The Bertz CT molecular complexity index is 1010. The van der Waals surface area contributed by atoms with Crippen molar-refractivity contribution < 1.29 is 4.79 Å². The second-order valence-corrected chi connectivity index (χ2v) is 8.32. The molecule has 3 rings (SSSR count). The molecule has 3 N–H and O–H groups in total. The molecule has 0 aliphatic rings. The number of carbonyl (C=O) groups is 1. The lowest BCUT2D eigenvalue weighted by atomic mass is 10.1. The molecule has 0 saturated carbocycles. The number of hydrogen-bond donors (Lipinski definition) is 2. The Kier molecular flexibility index (Phi) is 5.46. The fraction of sp³-hybridized carbons (Fsp3) is 0.368. The fourth-order valence-corrected chi connectivity index (χ4v) is 3.90. The number of amides is 1. The fourth-order valence-electron chi connectivity index (χ4n) is 3.14. The summed E-state index contributed by atoms with van der Waals surface area (Å²) in [6, 6.07) is 6.04. The van der Waals surface area contributed by atoms with Crippen molar-refractivity contribution in [1.29, 1.82) is 0 Å². The molecule has 8 nitrogen and oxygen atoms in total. The molecule has 0 saturated heterocycles. The normalized spacial score (nSPS) is 12.2. The summed E-state index contributed by atoms with van der Waals surface area (Å²) in [5, 5.41) is 15.7. The average Bonchev–Trinajstić information content (AvgIpc) is 3.12. The van der Waals surface area contributed by atoms with Gasteiger partial charge in [-0.15, -0.1) is 10.2 Å². The van der Waals surface area contributed by atoms with E-state index in [1.165, 1.54) is 22.0 Å². The van der Waals surface area contributed by atoms with Gasteiger partial charge in [-0.05, 0) is 58.7 Å². The van der Waals surface area contributed by atoms with Crippen molar-refractivity contribution in [3.05, 3.63) is 46.3 Å². The standard InChI is InChI=1S/C19H25N7OS/c1-10-7-11(2)16(12(3)8-10)21-17(27)15(6)28-19-23-22-18(25(19)20)26-14(5)9-13(4)24-26/h7-9,15H,20H2,1-6H3,(H,21,27)/t15-/m1/s1. The van der Waals surface area contributed by atoms with Crippen LogP contribution >= 0.6 is 11.8 Å². The highest BCUT2D eigenvalue weighted by molar-refractivity contribution is 8.00. The second kappa shape index (κ2) is 7.67. The lowest BCUT2D eigenvalue weighted by Crippen LogP contribution is -2.25. The largest absolute Gasteiger partial charge is 0.334 e. The van der Waals surface area contributed by atoms with E-state index in [1.54, 1.807) is 4.68 Å². The number of aromatic nitrogens is 5. The van der Waals surface area contributed by atoms with E-state index in [2.05, 4.69) is 32.7 Å². The van der Waals surface area contributed by atoms with Crippen molar-refractivity contribution in [1.82, 2.24) is 24.7 Å². The van der Waals surface area contributed by atoms with Crippen molar-refractivity contribution in [2.75, 3.05) is 11.2 Å². The molecule has 2 heterocycles. The molecule has 2 aromatic heterocycles. The minimum Gasteiger partial charge on any atom is -0.334 e. The molecule has 0 unspecified atom stereocenters. The molecule has 3 aromatic rings. The Morgan fingerprint density at radius 2 is 1.75 bits per heavy atom. The number of nitrogens with two attached hydrogens (primary N) is 1. The third-order valence-electron chi connectivity index (χ3n) is 4.42. The van der Waals surface area contributed by atoms with Crippen molar-refractivity contribution in [2.45, 2.75) is 51.9 Å². The zero-order chi connectivity index (χ0) is 20.6.